The molecule has 0 spiro atoms. The van der Waals surface area contributed by atoms with Crippen molar-refractivity contribution in [3.63, 3.8) is 0 Å². The van der Waals surface area contributed by atoms with Gasteiger partial charge in [0.1, 0.15) is 5.75 Å². The second-order valence-corrected chi connectivity index (χ2v) is 5.03. The summed E-state index contributed by atoms with van der Waals surface area (Å²) in [6.45, 7) is 1.44. The summed E-state index contributed by atoms with van der Waals surface area (Å²) in [6, 6.07) is 3.93. The Labute approximate surface area is 115 Å². The molecule has 18 heavy (non-hydrogen) atoms. The molecule has 2 heterocycles. The number of imidazole rings is 1. The molecule has 2 aromatic rings. The van der Waals surface area contributed by atoms with Crippen LogP contribution in [0.15, 0.2) is 24.7 Å². The third kappa shape index (κ3) is 2.20. The quantitative estimate of drug-likeness (QED) is 0.808. The highest BCUT2D eigenvalue weighted by molar-refractivity contribution is 6.30. The monoisotopic (exact) mass is 282 g/mol. The van der Waals surface area contributed by atoms with Crippen LogP contribution in [0.4, 0.5) is 0 Å². The van der Waals surface area contributed by atoms with Crippen molar-refractivity contribution in [2.45, 2.75) is 18.8 Å². The van der Waals surface area contributed by atoms with Crippen molar-refractivity contribution in [1.29, 1.82) is 0 Å². The van der Waals surface area contributed by atoms with Gasteiger partial charge in [0.15, 0.2) is 0 Å². The number of benzene rings is 1. The van der Waals surface area contributed by atoms with Gasteiger partial charge in [0.05, 0.1) is 31.1 Å². The molecule has 1 aliphatic rings. The second kappa shape index (κ2) is 4.82. The average molecular weight is 283 g/mol. The maximum Gasteiger partial charge on any atom is 0.127 e. The molecule has 0 amide bonds. The Morgan fingerprint density at radius 3 is 3.06 bits per heavy atom. The van der Waals surface area contributed by atoms with Gasteiger partial charge in [-0.2, -0.15) is 0 Å². The van der Waals surface area contributed by atoms with E-state index in [1.54, 1.807) is 6.33 Å². The molecule has 0 unspecified atom stereocenters. The van der Waals surface area contributed by atoms with Crippen LogP contribution in [0.5, 0.6) is 5.75 Å². The van der Waals surface area contributed by atoms with Crippen molar-refractivity contribution in [2.24, 2.45) is 0 Å². The fourth-order valence-electron chi connectivity index (χ4n) is 2.22. The predicted octanol–water partition coefficient (Wildman–Crippen LogP) is 3.26. The van der Waals surface area contributed by atoms with Crippen LogP contribution in [0.3, 0.4) is 0 Å². The van der Waals surface area contributed by atoms with Crippen molar-refractivity contribution in [1.82, 2.24) is 9.55 Å². The zero-order valence-electron chi connectivity index (χ0n) is 9.70. The van der Waals surface area contributed by atoms with Crippen molar-refractivity contribution in [3.8, 4) is 5.75 Å². The topological polar surface area (TPSA) is 27.1 Å². The summed E-state index contributed by atoms with van der Waals surface area (Å²) in [5, 5.41) is 0.756. The van der Waals surface area contributed by atoms with E-state index in [9.17, 15) is 0 Å². The number of ether oxygens (including phenoxy) is 1. The molecule has 94 valence electrons. The van der Waals surface area contributed by atoms with E-state index in [1.807, 2.05) is 22.9 Å². The lowest BCUT2D eigenvalue weighted by Gasteiger charge is -2.09. The highest BCUT2D eigenvalue weighted by Gasteiger charge is 2.17. The summed E-state index contributed by atoms with van der Waals surface area (Å²) in [7, 11) is 0. The highest BCUT2D eigenvalue weighted by atomic mass is 35.5. The number of nitrogens with zero attached hydrogens (tertiary/aromatic N) is 2. The van der Waals surface area contributed by atoms with E-state index >= 15 is 0 Å². The Morgan fingerprint density at radius 2 is 2.28 bits per heavy atom. The summed E-state index contributed by atoms with van der Waals surface area (Å²) in [5.41, 5.74) is 3.15. The number of hydrogen-bond donors (Lipinski definition) is 0. The number of halogens is 2. The minimum absolute atomic E-state index is 0.428. The van der Waals surface area contributed by atoms with Gasteiger partial charge in [-0.3, -0.25) is 0 Å². The largest absolute Gasteiger partial charge is 0.493 e. The first-order valence-electron chi connectivity index (χ1n) is 5.77. The van der Waals surface area contributed by atoms with Gasteiger partial charge >= 0.3 is 0 Å². The maximum atomic E-state index is 6.13. The lowest BCUT2D eigenvalue weighted by atomic mass is 10.1. The van der Waals surface area contributed by atoms with Gasteiger partial charge in [-0.25, -0.2) is 4.98 Å². The highest BCUT2D eigenvalue weighted by Crippen LogP contribution is 2.33. The zero-order valence-corrected chi connectivity index (χ0v) is 11.2. The van der Waals surface area contributed by atoms with E-state index in [0.717, 1.165) is 35.1 Å². The Balaban J connectivity index is 1.92. The number of alkyl halides is 1. The summed E-state index contributed by atoms with van der Waals surface area (Å²) in [4.78, 5) is 4.20. The minimum atomic E-state index is 0.428. The van der Waals surface area contributed by atoms with Gasteiger partial charge in [0.25, 0.3) is 0 Å². The Kier molecular flexibility index (Phi) is 3.18. The molecule has 3 rings (SSSR count). The Morgan fingerprint density at radius 1 is 1.39 bits per heavy atom. The second-order valence-electron chi connectivity index (χ2n) is 4.32. The van der Waals surface area contributed by atoms with Gasteiger partial charge in [-0.15, -0.1) is 11.6 Å². The van der Waals surface area contributed by atoms with Gasteiger partial charge < -0.3 is 9.30 Å². The fourth-order valence-corrected chi connectivity index (χ4v) is 2.62. The third-order valence-corrected chi connectivity index (χ3v) is 3.49. The van der Waals surface area contributed by atoms with E-state index in [4.69, 9.17) is 27.9 Å². The van der Waals surface area contributed by atoms with Crippen LogP contribution in [0, 0.1) is 0 Å². The zero-order chi connectivity index (χ0) is 12.5. The summed E-state index contributed by atoms with van der Waals surface area (Å²) in [6.07, 6.45) is 4.65. The molecule has 0 fully saturated rings. The maximum absolute atomic E-state index is 6.13. The number of fused-ring (bicyclic) bond motifs is 1. The van der Waals surface area contributed by atoms with Gasteiger partial charge in [-0.05, 0) is 17.7 Å². The Hall–Kier alpha value is -1.19. The molecule has 1 aliphatic heterocycles. The van der Waals surface area contributed by atoms with Crippen LogP contribution in [0.1, 0.15) is 16.8 Å². The van der Waals surface area contributed by atoms with Gasteiger partial charge in [0.2, 0.25) is 0 Å². The predicted molar refractivity (Wildman–Crippen MR) is 71.5 cm³/mol. The van der Waals surface area contributed by atoms with Gasteiger partial charge in [0, 0.05) is 23.2 Å². The standard InChI is InChI=1S/C13H12Cl2N2O/c14-5-12-7-17(8-16-12)6-10-4-11(15)3-9-1-2-18-13(9)10/h3-4,7-8H,1-2,5-6H2. The third-order valence-electron chi connectivity index (χ3n) is 3.00. The fraction of sp³-hybridized carbons (Fsp3) is 0.308. The normalized spacial score (nSPS) is 13.4. The molecule has 3 nitrogen and oxygen atoms in total. The minimum Gasteiger partial charge on any atom is -0.493 e. The van der Waals surface area contributed by atoms with Crippen molar-refractivity contribution in [2.75, 3.05) is 6.61 Å². The number of hydrogen-bond acceptors (Lipinski definition) is 2. The molecule has 0 radical (unpaired) electrons. The molecule has 0 aliphatic carbocycles. The molecular formula is C13H12Cl2N2O. The van der Waals surface area contributed by atoms with E-state index in [0.29, 0.717) is 12.4 Å². The van der Waals surface area contributed by atoms with E-state index in [1.165, 1.54) is 5.56 Å². The number of aromatic nitrogens is 2. The molecule has 0 saturated carbocycles. The molecule has 0 atom stereocenters. The van der Waals surface area contributed by atoms with Crippen molar-refractivity contribution < 1.29 is 4.74 Å². The summed E-state index contributed by atoms with van der Waals surface area (Å²) >= 11 is 11.9. The lowest BCUT2D eigenvalue weighted by molar-refractivity contribution is 0.352. The SMILES string of the molecule is ClCc1cn(Cc2cc(Cl)cc3c2OCC3)cn1. The van der Waals surface area contributed by atoms with Crippen LogP contribution < -0.4 is 4.74 Å². The van der Waals surface area contributed by atoms with Crippen LogP contribution >= 0.6 is 23.2 Å². The smallest absolute Gasteiger partial charge is 0.127 e. The number of rotatable bonds is 3. The average Bonchev–Trinajstić information content (AvgIpc) is 2.97. The Bertz CT molecular complexity index is 580. The molecule has 5 heteroatoms. The molecule has 1 aromatic heterocycles. The van der Waals surface area contributed by atoms with E-state index in [2.05, 4.69) is 4.98 Å². The first kappa shape index (κ1) is 11.9. The summed E-state index contributed by atoms with van der Waals surface area (Å²) < 4.78 is 7.66. The molecule has 0 bridgehead atoms. The molecule has 0 saturated heterocycles. The first-order chi connectivity index (χ1) is 8.76. The van der Waals surface area contributed by atoms with Crippen LogP contribution in [-0.4, -0.2) is 16.2 Å². The first-order valence-corrected chi connectivity index (χ1v) is 6.68. The molecule has 0 N–H and O–H groups in total. The molecular weight excluding hydrogens is 271 g/mol. The van der Waals surface area contributed by atoms with Crippen LogP contribution in [0.2, 0.25) is 5.02 Å². The lowest BCUT2D eigenvalue weighted by Crippen LogP contribution is -1.99. The van der Waals surface area contributed by atoms with Gasteiger partial charge in [-0.1, -0.05) is 11.6 Å². The van der Waals surface area contributed by atoms with Crippen molar-refractivity contribution >= 4 is 23.2 Å². The summed E-state index contributed by atoms with van der Waals surface area (Å²) in [5.74, 6) is 1.40. The van der Waals surface area contributed by atoms with Crippen LogP contribution in [0.25, 0.3) is 0 Å². The van der Waals surface area contributed by atoms with Crippen molar-refractivity contribution in [3.05, 3.63) is 46.5 Å². The van der Waals surface area contributed by atoms with E-state index in [-0.39, 0.29) is 0 Å². The molecule has 1 aromatic carbocycles. The van der Waals surface area contributed by atoms with Crippen LogP contribution in [-0.2, 0) is 18.8 Å². The van der Waals surface area contributed by atoms with E-state index < -0.39 is 0 Å².